The van der Waals surface area contributed by atoms with Gasteiger partial charge in [0, 0.05) is 0 Å². The monoisotopic (exact) mass is 394 g/mol. The van der Waals surface area contributed by atoms with Crippen molar-refractivity contribution in [2.24, 2.45) is 35.5 Å². The van der Waals surface area contributed by atoms with E-state index in [2.05, 4.69) is 76.3 Å². The molecule has 0 aromatic heterocycles. The molecule has 4 rings (SSSR count). The molecule has 154 valence electrons. The van der Waals surface area contributed by atoms with Gasteiger partial charge in [-0.1, -0.05) is 101 Å². The Bertz CT molecular complexity index is 649. The summed E-state index contributed by atoms with van der Waals surface area (Å²) in [6.45, 7) is 10.1. The lowest BCUT2D eigenvalue weighted by molar-refractivity contribution is 0.383. The molecule has 0 N–H and O–H groups in total. The van der Waals surface area contributed by atoms with E-state index >= 15 is 0 Å². The summed E-state index contributed by atoms with van der Waals surface area (Å²) in [6.07, 6.45) is 27.1. The number of fused-ring (bicyclic) bond motifs is 2. The summed E-state index contributed by atoms with van der Waals surface area (Å²) in [5, 5.41) is 0. The first-order valence-electron chi connectivity index (χ1n) is 12.4. The molecule has 0 amide bonds. The summed E-state index contributed by atoms with van der Waals surface area (Å²) in [5.74, 6) is 5.14. The van der Waals surface area contributed by atoms with Gasteiger partial charge in [-0.25, -0.2) is 0 Å². The molecule has 2 fully saturated rings. The Hall–Kier alpha value is -0.823. The van der Waals surface area contributed by atoms with E-state index in [9.17, 15) is 0 Å². The number of hydrogen-bond donors (Lipinski definition) is 0. The fraction of sp³-hybridized carbons (Fsp3) is 0.704. The van der Waals surface area contributed by atoms with Crippen molar-refractivity contribution < 1.29 is 0 Å². The van der Waals surface area contributed by atoms with Gasteiger partial charge in [0.1, 0.15) is 0 Å². The summed E-state index contributed by atoms with van der Waals surface area (Å²) in [7, 11) is -1.39. The largest absolute Gasteiger partial charge is 0.0808 e. The molecule has 0 heterocycles. The van der Waals surface area contributed by atoms with Gasteiger partial charge in [-0.2, -0.15) is 0 Å². The smallest absolute Gasteiger partial charge is 0.0604 e. The molecule has 8 unspecified atom stereocenters. The fourth-order valence-corrected chi connectivity index (χ4v) is 15.0. The van der Waals surface area contributed by atoms with Crippen molar-refractivity contribution in [3.63, 3.8) is 0 Å². The third kappa shape index (κ3) is 3.26. The third-order valence-electron chi connectivity index (χ3n) is 9.48. The van der Waals surface area contributed by atoms with E-state index in [1.54, 1.807) is 0 Å². The minimum atomic E-state index is -1.39. The van der Waals surface area contributed by atoms with Gasteiger partial charge in [0.05, 0.1) is 8.07 Å². The average molecular weight is 395 g/mol. The van der Waals surface area contributed by atoms with Crippen LogP contribution < -0.4 is 0 Å². The van der Waals surface area contributed by atoms with Crippen LogP contribution in [0.5, 0.6) is 0 Å². The molecule has 0 spiro atoms. The predicted molar refractivity (Wildman–Crippen MR) is 126 cm³/mol. The van der Waals surface area contributed by atoms with Crippen LogP contribution in [0.1, 0.15) is 59.8 Å². The summed E-state index contributed by atoms with van der Waals surface area (Å²) >= 11 is 0. The SMILES string of the molecule is CCCCC1CC([Si](CC)(CC)C2CC(C)C3C=CC=CC32)C2C=CC=CC12. The number of unbranched alkanes of at least 4 members (excludes halogenated alkanes) is 1. The van der Waals surface area contributed by atoms with E-state index in [1.165, 1.54) is 44.2 Å². The molecule has 1 heteroatoms. The van der Waals surface area contributed by atoms with Crippen LogP contribution in [0.2, 0.25) is 23.2 Å². The molecule has 8 atom stereocenters. The van der Waals surface area contributed by atoms with Crippen LogP contribution in [0.15, 0.2) is 48.6 Å². The summed E-state index contributed by atoms with van der Waals surface area (Å²) in [5.41, 5.74) is 2.00. The first kappa shape index (κ1) is 20.4. The Morgan fingerprint density at radius 3 is 1.86 bits per heavy atom. The molecule has 4 aliphatic rings. The molecule has 2 saturated carbocycles. The van der Waals surface area contributed by atoms with Crippen molar-refractivity contribution in [3.05, 3.63) is 48.6 Å². The highest BCUT2D eigenvalue weighted by Crippen LogP contribution is 2.63. The van der Waals surface area contributed by atoms with Crippen LogP contribution in [-0.4, -0.2) is 8.07 Å². The molecule has 0 radical (unpaired) electrons. The minimum Gasteiger partial charge on any atom is -0.0808 e. The first-order chi connectivity index (χ1) is 13.7. The minimum absolute atomic E-state index is 0.815. The highest BCUT2D eigenvalue weighted by atomic mass is 28.3. The molecular weight excluding hydrogens is 352 g/mol. The predicted octanol–water partition coefficient (Wildman–Crippen LogP) is 8.18. The van der Waals surface area contributed by atoms with Crippen molar-refractivity contribution >= 4 is 8.07 Å². The molecule has 28 heavy (non-hydrogen) atoms. The summed E-state index contributed by atoms with van der Waals surface area (Å²) in [6, 6.07) is 2.99. The Balaban J connectivity index is 1.67. The van der Waals surface area contributed by atoms with Gasteiger partial charge < -0.3 is 0 Å². The molecule has 0 bridgehead atoms. The van der Waals surface area contributed by atoms with Crippen molar-refractivity contribution in [1.29, 1.82) is 0 Å². The molecule has 0 aliphatic heterocycles. The zero-order valence-corrected chi connectivity index (χ0v) is 19.7. The van der Waals surface area contributed by atoms with Crippen molar-refractivity contribution in [1.82, 2.24) is 0 Å². The Morgan fingerprint density at radius 1 is 0.714 bits per heavy atom. The lowest BCUT2D eigenvalue weighted by Crippen LogP contribution is -2.46. The van der Waals surface area contributed by atoms with E-state index in [1.807, 2.05) is 0 Å². The van der Waals surface area contributed by atoms with Crippen molar-refractivity contribution in [2.45, 2.75) is 83.0 Å². The van der Waals surface area contributed by atoms with Gasteiger partial charge in [-0.05, 0) is 65.9 Å². The highest BCUT2D eigenvalue weighted by molar-refractivity contribution is 6.82. The summed E-state index contributed by atoms with van der Waals surface area (Å²) in [4.78, 5) is 0. The Morgan fingerprint density at radius 2 is 1.25 bits per heavy atom. The zero-order valence-electron chi connectivity index (χ0n) is 18.7. The third-order valence-corrected chi connectivity index (χ3v) is 16.3. The maximum absolute atomic E-state index is 2.64. The van der Waals surface area contributed by atoms with Crippen molar-refractivity contribution in [3.8, 4) is 0 Å². The van der Waals surface area contributed by atoms with Gasteiger partial charge in [-0.3, -0.25) is 0 Å². The standard InChI is InChI=1S/C27H42Si/c1-5-8-13-21-19-27(25-17-12-10-15-23(21)25)28(6-2,7-3)26-18-20(4)22-14-9-11-16-24(22)26/h9-12,14-17,20-27H,5-8,13,18-19H2,1-4H3. The summed E-state index contributed by atoms with van der Waals surface area (Å²) < 4.78 is 0. The van der Waals surface area contributed by atoms with E-state index < -0.39 is 8.07 Å². The second kappa shape index (κ2) is 8.50. The fourth-order valence-electron chi connectivity index (χ4n) is 8.07. The molecule has 0 aromatic rings. The molecular formula is C27H42Si. The highest BCUT2D eigenvalue weighted by Gasteiger charge is 2.57. The van der Waals surface area contributed by atoms with Gasteiger partial charge in [0.2, 0.25) is 0 Å². The first-order valence-corrected chi connectivity index (χ1v) is 14.9. The van der Waals surface area contributed by atoms with Crippen molar-refractivity contribution in [2.75, 3.05) is 0 Å². The van der Waals surface area contributed by atoms with Crippen LogP contribution in [0.25, 0.3) is 0 Å². The lowest BCUT2D eigenvalue weighted by Gasteiger charge is -2.46. The van der Waals surface area contributed by atoms with Gasteiger partial charge >= 0.3 is 0 Å². The van der Waals surface area contributed by atoms with E-state index in [-0.39, 0.29) is 0 Å². The maximum Gasteiger partial charge on any atom is 0.0604 e. The quantitative estimate of drug-likeness (QED) is 0.382. The van der Waals surface area contributed by atoms with Gasteiger partial charge in [-0.15, -0.1) is 0 Å². The van der Waals surface area contributed by atoms with E-state index in [0.29, 0.717) is 0 Å². The van der Waals surface area contributed by atoms with Gasteiger partial charge in [0.25, 0.3) is 0 Å². The average Bonchev–Trinajstić information content (AvgIpc) is 3.28. The molecule has 0 saturated heterocycles. The number of rotatable bonds is 7. The lowest BCUT2D eigenvalue weighted by atomic mass is 9.84. The maximum atomic E-state index is 2.64. The topological polar surface area (TPSA) is 0 Å². The van der Waals surface area contributed by atoms with Crippen LogP contribution in [0.3, 0.4) is 0 Å². The molecule has 4 aliphatic carbocycles. The Kier molecular flexibility index (Phi) is 6.21. The Labute approximate surface area is 175 Å². The second-order valence-corrected chi connectivity index (χ2v) is 15.7. The number of hydrogen-bond acceptors (Lipinski definition) is 0. The normalized spacial score (nSPS) is 41.4. The second-order valence-electron chi connectivity index (χ2n) is 10.4. The van der Waals surface area contributed by atoms with Crippen LogP contribution >= 0.6 is 0 Å². The molecule has 0 aromatic carbocycles. The van der Waals surface area contributed by atoms with E-state index in [0.717, 1.165) is 46.6 Å². The van der Waals surface area contributed by atoms with E-state index in [4.69, 9.17) is 0 Å². The number of allylic oxidation sites excluding steroid dienone is 8. The van der Waals surface area contributed by atoms with Crippen LogP contribution in [-0.2, 0) is 0 Å². The van der Waals surface area contributed by atoms with Crippen LogP contribution in [0, 0.1) is 35.5 Å². The van der Waals surface area contributed by atoms with Crippen LogP contribution in [0.4, 0.5) is 0 Å². The zero-order chi connectivity index (χ0) is 19.7. The molecule has 0 nitrogen and oxygen atoms in total. The van der Waals surface area contributed by atoms with Gasteiger partial charge in [0.15, 0.2) is 0 Å².